The number of aryl methyl sites for hydroxylation is 1. The molecule has 1 aromatic carbocycles. The number of benzene rings is 1. The van der Waals surface area contributed by atoms with Gasteiger partial charge in [0, 0.05) is 24.5 Å². The van der Waals surface area contributed by atoms with Crippen LogP contribution >= 0.6 is 11.3 Å². The van der Waals surface area contributed by atoms with Crippen molar-refractivity contribution in [2.45, 2.75) is 26.3 Å². The third-order valence-electron chi connectivity index (χ3n) is 4.80. The minimum Gasteiger partial charge on any atom is -0.337 e. The van der Waals surface area contributed by atoms with Gasteiger partial charge in [-0.15, -0.1) is 17.8 Å². The molecule has 0 atom stereocenters. The Kier molecular flexibility index (Phi) is 6.25. The zero-order valence-electron chi connectivity index (χ0n) is 17.2. The van der Waals surface area contributed by atoms with E-state index in [1.807, 2.05) is 19.1 Å². The van der Waals surface area contributed by atoms with Crippen molar-refractivity contribution in [3.63, 3.8) is 0 Å². The number of piperazine rings is 1. The zero-order chi connectivity index (χ0) is 21.9. The van der Waals surface area contributed by atoms with Gasteiger partial charge in [-0.2, -0.15) is 0 Å². The molecule has 0 spiro atoms. The highest BCUT2D eigenvalue weighted by Gasteiger charge is 2.30. The average molecular weight is 425 g/mol. The van der Waals surface area contributed by atoms with Gasteiger partial charge in [-0.25, -0.2) is 0 Å². The summed E-state index contributed by atoms with van der Waals surface area (Å²) in [5, 5.41) is 8.63. The molecule has 3 rings (SSSR count). The average Bonchev–Trinajstić information content (AvgIpc) is 3.18. The Bertz CT molecular complexity index is 1040. The highest BCUT2D eigenvalue weighted by molar-refractivity contribution is 7.14. The standard InChI is InChI=1S/C22H24N4O3S/c1-5-16-7-9-18(30-16)20(28)25-22(3,4)21(29)24-15-6-8-17(14(2)12-15)26-11-10-23-13-19(26)27/h1,6-9,12,23H,10-11,13H2,2-4H3,(H,24,29)(H,25,28). The van der Waals surface area contributed by atoms with E-state index in [4.69, 9.17) is 6.42 Å². The van der Waals surface area contributed by atoms with Gasteiger partial charge in [0.15, 0.2) is 0 Å². The molecule has 0 unspecified atom stereocenters. The number of carbonyl (C=O) groups excluding carboxylic acids is 3. The minimum atomic E-state index is -1.14. The summed E-state index contributed by atoms with van der Waals surface area (Å²) in [5.41, 5.74) is 1.16. The molecule has 156 valence electrons. The molecule has 0 radical (unpaired) electrons. The summed E-state index contributed by atoms with van der Waals surface area (Å²) < 4.78 is 0. The molecule has 1 aliphatic rings. The predicted molar refractivity (Wildman–Crippen MR) is 119 cm³/mol. The topological polar surface area (TPSA) is 90.5 Å². The summed E-state index contributed by atoms with van der Waals surface area (Å²) in [6.45, 7) is 6.83. The van der Waals surface area contributed by atoms with Crippen LogP contribution in [0.25, 0.3) is 0 Å². The molecule has 8 heteroatoms. The molecule has 7 nitrogen and oxygen atoms in total. The summed E-state index contributed by atoms with van der Waals surface area (Å²) >= 11 is 1.20. The molecule has 2 aromatic rings. The molecule has 0 saturated carbocycles. The lowest BCUT2D eigenvalue weighted by Gasteiger charge is -2.29. The van der Waals surface area contributed by atoms with Crippen LogP contribution in [0.3, 0.4) is 0 Å². The van der Waals surface area contributed by atoms with Crippen LogP contribution in [-0.4, -0.2) is 42.9 Å². The van der Waals surface area contributed by atoms with Crippen molar-refractivity contribution in [2.75, 3.05) is 29.9 Å². The van der Waals surface area contributed by atoms with E-state index in [2.05, 4.69) is 21.9 Å². The van der Waals surface area contributed by atoms with Gasteiger partial charge in [-0.05, 0) is 56.7 Å². The first-order valence-corrected chi connectivity index (χ1v) is 10.3. The minimum absolute atomic E-state index is 0.0200. The van der Waals surface area contributed by atoms with E-state index < -0.39 is 5.54 Å². The van der Waals surface area contributed by atoms with E-state index in [-0.39, 0.29) is 17.7 Å². The van der Waals surface area contributed by atoms with E-state index in [0.717, 1.165) is 17.8 Å². The smallest absolute Gasteiger partial charge is 0.262 e. The molecular formula is C22H24N4O3S. The number of nitrogens with zero attached hydrogens (tertiary/aromatic N) is 1. The van der Waals surface area contributed by atoms with Crippen molar-refractivity contribution in [2.24, 2.45) is 0 Å². The van der Waals surface area contributed by atoms with Crippen molar-refractivity contribution in [1.29, 1.82) is 0 Å². The van der Waals surface area contributed by atoms with Gasteiger partial charge >= 0.3 is 0 Å². The number of anilines is 2. The molecule has 2 heterocycles. The second-order valence-electron chi connectivity index (χ2n) is 7.56. The first-order valence-electron chi connectivity index (χ1n) is 9.53. The molecule has 1 aromatic heterocycles. The maximum absolute atomic E-state index is 12.8. The number of terminal acetylenes is 1. The van der Waals surface area contributed by atoms with E-state index in [1.165, 1.54) is 11.3 Å². The summed E-state index contributed by atoms with van der Waals surface area (Å²) in [6, 6.07) is 8.74. The monoisotopic (exact) mass is 424 g/mol. The van der Waals surface area contributed by atoms with Crippen LogP contribution in [0.1, 0.15) is 34.0 Å². The van der Waals surface area contributed by atoms with Crippen LogP contribution in [0, 0.1) is 19.3 Å². The number of thiophene rings is 1. The highest BCUT2D eigenvalue weighted by Crippen LogP contribution is 2.25. The summed E-state index contributed by atoms with van der Waals surface area (Å²) in [7, 11) is 0. The molecule has 1 fully saturated rings. The van der Waals surface area contributed by atoms with E-state index >= 15 is 0 Å². The van der Waals surface area contributed by atoms with Crippen LogP contribution in [-0.2, 0) is 9.59 Å². The Morgan fingerprint density at radius 1 is 1.27 bits per heavy atom. The van der Waals surface area contributed by atoms with Gasteiger partial charge in [0.1, 0.15) is 5.54 Å². The van der Waals surface area contributed by atoms with Crippen LogP contribution < -0.4 is 20.9 Å². The lowest BCUT2D eigenvalue weighted by Crippen LogP contribution is -2.52. The molecule has 30 heavy (non-hydrogen) atoms. The van der Waals surface area contributed by atoms with E-state index in [0.29, 0.717) is 28.5 Å². The van der Waals surface area contributed by atoms with Gasteiger partial charge < -0.3 is 20.9 Å². The lowest BCUT2D eigenvalue weighted by molar-refractivity contribution is -0.121. The molecule has 0 bridgehead atoms. The maximum atomic E-state index is 12.8. The van der Waals surface area contributed by atoms with E-state index in [9.17, 15) is 14.4 Å². The molecule has 3 amide bonds. The quantitative estimate of drug-likeness (QED) is 0.642. The SMILES string of the molecule is C#Cc1ccc(C(=O)NC(C)(C)C(=O)Nc2ccc(N3CCNCC3=O)c(C)c2)s1. The Morgan fingerprint density at radius 2 is 2.03 bits per heavy atom. The largest absolute Gasteiger partial charge is 0.337 e. The van der Waals surface area contributed by atoms with Gasteiger partial charge in [-0.1, -0.05) is 5.92 Å². The van der Waals surface area contributed by atoms with Crippen molar-refractivity contribution in [3.05, 3.63) is 45.6 Å². The Morgan fingerprint density at radius 3 is 2.67 bits per heavy atom. The van der Waals surface area contributed by atoms with Crippen LogP contribution in [0.4, 0.5) is 11.4 Å². The normalized spacial score (nSPS) is 14.2. The summed E-state index contributed by atoms with van der Waals surface area (Å²) in [5.74, 6) is 1.80. The van der Waals surface area contributed by atoms with Gasteiger partial charge in [0.2, 0.25) is 11.8 Å². The lowest BCUT2D eigenvalue weighted by atomic mass is 10.0. The van der Waals surface area contributed by atoms with Gasteiger partial charge in [0.05, 0.1) is 16.3 Å². The predicted octanol–water partition coefficient (Wildman–Crippen LogP) is 2.12. The Labute approximate surface area is 179 Å². The fourth-order valence-corrected chi connectivity index (χ4v) is 3.84. The number of nitrogens with one attached hydrogen (secondary N) is 3. The number of rotatable bonds is 5. The molecular weight excluding hydrogens is 400 g/mol. The number of hydrogen-bond donors (Lipinski definition) is 3. The number of hydrogen-bond acceptors (Lipinski definition) is 5. The first kappa shape index (κ1) is 21.6. The van der Waals surface area contributed by atoms with E-state index in [1.54, 1.807) is 36.9 Å². The van der Waals surface area contributed by atoms with Crippen molar-refractivity contribution >= 4 is 40.4 Å². The molecule has 1 saturated heterocycles. The number of carbonyl (C=O) groups is 3. The van der Waals surface area contributed by atoms with Crippen molar-refractivity contribution < 1.29 is 14.4 Å². The summed E-state index contributed by atoms with van der Waals surface area (Å²) in [6.07, 6.45) is 5.34. The molecule has 1 aliphatic heterocycles. The second kappa shape index (κ2) is 8.69. The van der Waals surface area contributed by atoms with Crippen LogP contribution in [0.2, 0.25) is 0 Å². The highest BCUT2D eigenvalue weighted by atomic mass is 32.1. The second-order valence-corrected chi connectivity index (χ2v) is 8.65. The third kappa shape index (κ3) is 4.70. The van der Waals surface area contributed by atoms with Gasteiger partial charge in [0.25, 0.3) is 5.91 Å². The zero-order valence-corrected chi connectivity index (χ0v) is 18.0. The van der Waals surface area contributed by atoms with Crippen LogP contribution in [0.15, 0.2) is 30.3 Å². The Hall–Kier alpha value is -3.15. The number of amides is 3. The fourth-order valence-electron chi connectivity index (χ4n) is 3.12. The fraction of sp³-hybridized carbons (Fsp3) is 0.318. The summed E-state index contributed by atoms with van der Waals surface area (Å²) in [4.78, 5) is 40.2. The molecule has 3 N–H and O–H groups in total. The Balaban J connectivity index is 1.68. The molecule has 0 aliphatic carbocycles. The van der Waals surface area contributed by atoms with Gasteiger partial charge in [-0.3, -0.25) is 14.4 Å². The van der Waals surface area contributed by atoms with Crippen molar-refractivity contribution in [3.8, 4) is 12.3 Å². The maximum Gasteiger partial charge on any atom is 0.262 e. The van der Waals surface area contributed by atoms with Crippen LogP contribution in [0.5, 0.6) is 0 Å². The first-order chi connectivity index (χ1) is 14.2. The van der Waals surface area contributed by atoms with Crippen molar-refractivity contribution in [1.82, 2.24) is 10.6 Å². The third-order valence-corrected chi connectivity index (χ3v) is 5.82.